The Labute approximate surface area is 216 Å². The second kappa shape index (κ2) is 10.6. The van der Waals surface area contributed by atoms with Crippen molar-refractivity contribution in [2.45, 2.75) is 33.3 Å². The highest BCUT2D eigenvalue weighted by molar-refractivity contribution is 6.11. The Kier molecular flexibility index (Phi) is 6.90. The van der Waals surface area contributed by atoms with E-state index in [-0.39, 0.29) is 11.8 Å². The van der Waals surface area contributed by atoms with Crippen LogP contribution in [0.4, 0.5) is 5.69 Å². The zero-order valence-electron chi connectivity index (χ0n) is 21.1. The Balaban J connectivity index is 1.46. The summed E-state index contributed by atoms with van der Waals surface area (Å²) in [5.41, 5.74) is 4.69. The quantitative estimate of drug-likeness (QED) is 0.246. The highest BCUT2D eigenvalue weighted by Crippen LogP contribution is 2.35. The van der Waals surface area contributed by atoms with E-state index in [0.717, 1.165) is 33.9 Å². The molecule has 2 aromatic heterocycles. The Bertz CT molecular complexity index is 1530. The largest absolute Gasteiger partial charge is 0.471 e. The van der Waals surface area contributed by atoms with E-state index < -0.39 is 0 Å². The van der Waals surface area contributed by atoms with Crippen LogP contribution in [-0.4, -0.2) is 15.5 Å². The second-order valence-corrected chi connectivity index (χ2v) is 9.21. The molecule has 37 heavy (non-hydrogen) atoms. The van der Waals surface area contributed by atoms with Gasteiger partial charge in [0.2, 0.25) is 5.88 Å². The monoisotopic (exact) mass is 491 g/mol. The summed E-state index contributed by atoms with van der Waals surface area (Å²) in [6, 6.07) is 29.1. The van der Waals surface area contributed by atoms with E-state index in [1.807, 2.05) is 97.9 Å². The predicted octanol–water partition coefficient (Wildman–Crippen LogP) is 7.39. The Morgan fingerprint density at radius 2 is 1.65 bits per heavy atom. The van der Waals surface area contributed by atoms with Crippen molar-refractivity contribution in [3.63, 3.8) is 0 Å². The van der Waals surface area contributed by atoms with Crippen molar-refractivity contribution in [3.8, 4) is 17.4 Å². The summed E-state index contributed by atoms with van der Waals surface area (Å²) < 4.78 is 13.9. The van der Waals surface area contributed by atoms with Crippen molar-refractivity contribution in [2.75, 3.05) is 5.32 Å². The van der Waals surface area contributed by atoms with Gasteiger partial charge in [0.25, 0.3) is 5.91 Å². The van der Waals surface area contributed by atoms with Crippen LogP contribution in [0.5, 0.6) is 17.4 Å². The fraction of sp³-hybridized carbons (Fsp3) is 0.161. The SMILES string of the molecule is Cc1cc(Oc2ccccc2)c(C(C)C)cc1NC(=O)c1c(OCc2ccccc2)nn2ccccc12. The fourth-order valence-corrected chi connectivity index (χ4v) is 4.19. The van der Waals surface area contributed by atoms with E-state index in [1.54, 1.807) is 10.7 Å². The topological polar surface area (TPSA) is 64.9 Å². The number of benzene rings is 3. The molecule has 0 saturated carbocycles. The maximum absolute atomic E-state index is 13.7. The molecule has 3 aromatic carbocycles. The zero-order chi connectivity index (χ0) is 25.8. The molecule has 0 saturated heterocycles. The van der Waals surface area contributed by atoms with Crippen LogP contribution in [0.15, 0.2) is 97.2 Å². The number of amides is 1. The minimum atomic E-state index is -0.279. The summed E-state index contributed by atoms with van der Waals surface area (Å²) >= 11 is 0. The lowest BCUT2D eigenvalue weighted by Gasteiger charge is -2.18. The number of nitrogens with zero attached hydrogens (tertiary/aromatic N) is 2. The number of fused-ring (bicyclic) bond motifs is 1. The van der Waals surface area contributed by atoms with Crippen LogP contribution in [-0.2, 0) is 6.61 Å². The van der Waals surface area contributed by atoms with Crippen molar-refractivity contribution < 1.29 is 14.3 Å². The number of aromatic nitrogens is 2. The van der Waals surface area contributed by atoms with Crippen LogP contribution < -0.4 is 14.8 Å². The Hall–Kier alpha value is -4.58. The van der Waals surface area contributed by atoms with Crippen molar-refractivity contribution in [1.29, 1.82) is 0 Å². The Morgan fingerprint density at radius 3 is 2.38 bits per heavy atom. The number of aryl methyl sites for hydroxylation is 1. The predicted molar refractivity (Wildman–Crippen MR) is 146 cm³/mol. The number of carbonyl (C=O) groups is 1. The number of ether oxygens (including phenoxy) is 2. The molecule has 5 aromatic rings. The summed E-state index contributed by atoms with van der Waals surface area (Å²) in [4.78, 5) is 13.7. The number of pyridine rings is 1. The highest BCUT2D eigenvalue weighted by atomic mass is 16.5. The molecule has 0 radical (unpaired) electrons. The van der Waals surface area contributed by atoms with Gasteiger partial charge in [-0.15, -0.1) is 5.10 Å². The number of anilines is 1. The van der Waals surface area contributed by atoms with E-state index in [4.69, 9.17) is 9.47 Å². The molecule has 6 nitrogen and oxygen atoms in total. The highest BCUT2D eigenvalue weighted by Gasteiger charge is 2.23. The molecule has 0 aliphatic heterocycles. The van der Waals surface area contributed by atoms with Crippen molar-refractivity contribution in [1.82, 2.24) is 9.61 Å². The minimum absolute atomic E-state index is 0.191. The molecule has 0 fully saturated rings. The molecular weight excluding hydrogens is 462 g/mol. The molecular formula is C31H29N3O3. The average Bonchev–Trinajstić information content (AvgIpc) is 3.28. The third-order valence-electron chi connectivity index (χ3n) is 6.15. The summed E-state index contributed by atoms with van der Waals surface area (Å²) in [6.07, 6.45) is 1.80. The maximum Gasteiger partial charge on any atom is 0.263 e. The molecule has 0 bridgehead atoms. The minimum Gasteiger partial charge on any atom is -0.471 e. The normalized spacial score (nSPS) is 11.0. The van der Waals surface area contributed by atoms with Crippen LogP contribution in [0.2, 0.25) is 0 Å². The smallest absolute Gasteiger partial charge is 0.263 e. The molecule has 5 rings (SSSR count). The molecule has 0 spiro atoms. The maximum atomic E-state index is 13.7. The van der Waals surface area contributed by atoms with E-state index in [2.05, 4.69) is 24.3 Å². The van der Waals surface area contributed by atoms with Gasteiger partial charge >= 0.3 is 0 Å². The number of hydrogen-bond donors (Lipinski definition) is 1. The first-order valence-electron chi connectivity index (χ1n) is 12.3. The summed E-state index contributed by atoms with van der Waals surface area (Å²) in [6.45, 7) is 6.48. The van der Waals surface area contributed by atoms with Crippen molar-refractivity contribution in [3.05, 3.63) is 119 Å². The molecule has 0 atom stereocenters. The summed E-state index contributed by atoms with van der Waals surface area (Å²) in [7, 11) is 0. The van der Waals surface area contributed by atoms with Gasteiger partial charge in [-0.2, -0.15) is 0 Å². The van der Waals surface area contributed by atoms with Gasteiger partial charge in [0.15, 0.2) is 0 Å². The standard InChI is InChI=1S/C31H29N3O3/c1-21(2)25-19-26(22(3)18-28(25)37-24-14-8-5-9-15-24)32-30(35)29-27-16-10-11-17-34(27)33-31(29)36-20-23-12-6-4-7-13-23/h4-19,21H,20H2,1-3H3,(H,32,35). The van der Waals surface area contributed by atoms with Crippen molar-refractivity contribution in [2.24, 2.45) is 0 Å². The first kappa shape index (κ1) is 24.1. The number of para-hydroxylation sites is 1. The van der Waals surface area contributed by atoms with Gasteiger partial charge < -0.3 is 14.8 Å². The lowest BCUT2D eigenvalue weighted by molar-refractivity contribution is 0.102. The van der Waals surface area contributed by atoms with Gasteiger partial charge in [-0.1, -0.05) is 68.4 Å². The van der Waals surface area contributed by atoms with Gasteiger partial charge in [-0.25, -0.2) is 4.52 Å². The van der Waals surface area contributed by atoms with Crippen LogP contribution in [0.1, 0.15) is 46.8 Å². The van der Waals surface area contributed by atoms with Crippen LogP contribution in [0.3, 0.4) is 0 Å². The molecule has 6 heteroatoms. The molecule has 0 aliphatic rings. The lowest BCUT2D eigenvalue weighted by Crippen LogP contribution is -2.14. The van der Waals surface area contributed by atoms with Crippen LogP contribution in [0.25, 0.3) is 5.52 Å². The zero-order valence-corrected chi connectivity index (χ0v) is 21.1. The lowest BCUT2D eigenvalue weighted by atomic mass is 9.99. The molecule has 1 N–H and O–H groups in total. The van der Waals surface area contributed by atoms with Crippen LogP contribution in [0, 0.1) is 6.92 Å². The number of hydrogen-bond acceptors (Lipinski definition) is 4. The number of rotatable bonds is 8. The van der Waals surface area contributed by atoms with Gasteiger partial charge in [0.05, 0.1) is 5.52 Å². The molecule has 0 unspecified atom stereocenters. The molecule has 2 heterocycles. The number of carbonyl (C=O) groups excluding carboxylic acids is 1. The Morgan fingerprint density at radius 1 is 0.946 bits per heavy atom. The number of nitrogens with one attached hydrogen (secondary N) is 1. The summed E-state index contributed by atoms with van der Waals surface area (Å²) in [5, 5.41) is 7.64. The van der Waals surface area contributed by atoms with Gasteiger partial charge in [-0.05, 0) is 65.9 Å². The third-order valence-corrected chi connectivity index (χ3v) is 6.15. The second-order valence-electron chi connectivity index (χ2n) is 9.21. The first-order valence-corrected chi connectivity index (χ1v) is 12.3. The summed E-state index contributed by atoms with van der Waals surface area (Å²) in [5.74, 6) is 1.75. The van der Waals surface area contributed by atoms with Gasteiger partial charge in [-0.3, -0.25) is 4.79 Å². The first-order chi connectivity index (χ1) is 18.0. The van der Waals surface area contributed by atoms with Gasteiger partial charge in [0.1, 0.15) is 23.7 Å². The van der Waals surface area contributed by atoms with E-state index in [0.29, 0.717) is 23.6 Å². The van der Waals surface area contributed by atoms with Gasteiger partial charge in [0, 0.05) is 11.9 Å². The van der Waals surface area contributed by atoms with Crippen LogP contribution >= 0.6 is 0 Å². The van der Waals surface area contributed by atoms with E-state index >= 15 is 0 Å². The molecule has 186 valence electrons. The van der Waals surface area contributed by atoms with E-state index in [9.17, 15) is 4.79 Å². The third kappa shape index (κ3) is 5.33. The molecule has 1 amide bonds. The molecule has 0 aliphatic carbocycles. The fourth-order valence-electron chi connectivity index (χ4n) is 4.19. The van der Waals surface area contributed by atoms with E-state index in [1.165, 1.54) is 0 Å². The average molecular weight is 492 g/mol. The van der Waals surface area contributed by atoms with Crippen molar-refractivity contribution >= 4 is 17.1 Å².